The molecule has 0 saturated carbocycles. The minimum atomic E-state index is -0.163. The van der Waals surface area contributed by atoms with Crippen molar-refractivity contribution in [1.29, 1.82) is 5.26 Å². The zero-order valence-electron chi connectivity index (χ0n) is 18.1. The molecule has 1 aliphatic heterocycles. The molecular formula is C26H23N5O2. The zero-order chi connectivity index (χ0) is 22.6. The number of nitrogens with one attached hydrogen (secondary N) is 1. The Hall–Kier alpha value is -4.15. The van der Waals surface area contributed by atoms with Gasteiger partial charge in [-0.25, -0.2) is 4.79 Å². The average Bonchev–Trinajstić information content (AvgIpc) is 3.27. The second kappa shape index (κ2) is 9.15. The average molecular weight is 438 g/mol. The van der Waals surface area contributed by atoms with Crippen LogP contribution in [0, 0.1) is 11.3 Å². The summed E-state index contributed by atoms with van der Waals surface area (Å²) in [4.78, 5) is 16.9. The number of aromatic nitrogens is 1. The van der Waals surface area contributed by atoms with Crippen LogP contribution >= 0.6 is 0 Å². The van der Waals surface area contributed by atoms with E-state index in [0.29, 0.717) is 30.1 Å². The summed E-state index contributed by atoms with van der Waals surface area (Å²) in [7, 11) is 0. The van der Waals surface area contributed by atoms with Gasteiger partial charge in [-0.05, 0) is 41.0 Å². The predicted octanol–water partition coefficient (Wildman–Crippen LogP) is 4.72. The van der Waals surface area contributed by atoms with Crippen molar-refractivity contribution in [2.45, 2.75) is 6.54 Å². The van der Waals surface area contributed by atoms with Crippen LogP contribution in [0.5, 0.6) is 0 Å². The Balaban J connectivity index is 1.20. The van der Waals surface area contributed by atoms with E-state index in [1.165, 1.54) is 5.56 Å². The van der Waals surface area contributed by atoms with Crippen LogP contribution in [0.3, 0.4) is 0 Å². The van der Waals surface area contributed by atoms with Gasteiger partial charge in [-0.2, -0.15) is 5.26 Å². The number of nitrogens with zero attached hydrogens (tertiary/aromatic N) is 4. The Kier molecular flexibility index (Phi) is 5.75. The summed E-state index contributed by atoms with van der Waals surface area (Å²) < 4.78 is 5.27. The van der Waals surface area contributed by atoms with Crippen molar-refractivity contribution >= 4 is 22.8 Å². The quantitative estimate of drug-likeness (QED) is 0.499. The van der Waals surface area contributed by atoms with Crippen LogP contribution in [0.2, 0.25) is 0 Å². The topological polar surface area (TPSA) is 85.4 Å². The summed E-state index contributed by atoms with van der Waals surface area (Å²) in [5.41, 5.74) is 4.50. The maximum absolute atomic E-state index is 12.7. The van der Waals surface area contributed by atoms with E-state index in [2.05, 4.69) is 33.6 Å². The van der Waals surface area contributed by atoms with Crippen LogP contribution in [0.4, 0.5) is 10.6 Å². The van der Waals surface area contributed by atoms with Crippen molar-refractivity contribution in [3.8, 4) is 17.2 Å². The van der Waals surface area contributed by atoms with Crippen LogP contribution in [-0.4, -0.2) is 47.2 Å². The SMILES string of the molecule is N#Cc1ccccc1-c1cccc(CN2CCN(C(=O)Nc3noc4ccccc34)CC2)c1. The number of para-hydroxylation sites is 1. The van der Waals surface area contributed by atoms with Crippen LogP contribution in [0.1, 0.15) is 11.1 Å². The number of carbonyl (C=O) groups excluding carboxylic acids is 1. The van der Waals surface area contributed by atoms with Gasteiger partial charge >= 0.3 is 6.03 Å². The van der Waals surface area contributed by atoms with Crippen molar-refractivity contribution in [3.63, 3.8) is 0 Å². The molecule has 7 nitrogen and oxygen atoms in total. The molecule has 164 valence electrons. The highest BCUT2D eigenvalue weighted by atomic mass is 16.5. The fourth-order valence-electron chi connectivity index (χ4n) is 4.19. The number of hydrogen-bond acceptors (Lipinski definition) is 5. The lowest BCUT2D eigenvalue weighted by Crippen LogP contribution is -2.49. The minimum absolute atomic E-state index is 0.163. The van der Waals surface area contributed by atoms with Gasteiger partial charge in [0.1, 0.15) is 0 Å². The number of urea groups is 1. The molecule has 0 aliphatic carbocycles. The summed E-state index contributed by atoms with van der Waals surface area (Å²) in [6.07, 6.45) is 0. The fourth-order valence-corrected chi connectivity index (χ4v) is 4.19. The first kappa shape index (κ1) is 20.7. The molecule has 0 radical (unpaired) electrons. The van der Waals surface area contributed by atoms with Crippen LogP contribution in [0.15, 0.2) is 77.3 Å². The summed E-state index contributed by atoms with van der Waals surface area (Å²) >= 11 is 0. The van der Waals surface area contributed by atoms with Crippen molar-refractivity contribution < 1.29 is 9.32 Å². The number of carbonyl (C=O) groups is 1. The van der Waals surface area contributed by atoms with Crippen molar-refractivity contribution in [2.24, 2.45) is 0 Å². The van der Waals surface area contributed by atoms with Gasteiger partial charge in [-0.3, -0.25) is 10.2 Å². The van der Waals surface area contributed by atoms with E-state index in [9.17, 15) is 10.1 Å². The van der Waals surface area contributed by atoms with E-state index in [0.717, 1.165) is 36.1 Å². The van der Waals surface area contributed by atoms with E-state index >= 15 is 0 Å². The van der Waals surface area contributed by atoms with Gasteiger partial charge in [0.2, 0.25) is 0 Å². The summed E-state index contributed by atoms with van der Waals surface area (Å²) in [5, 5.41) is 17.1. The van der Waals surface area contributed by atoms with Crippen LogP contribution in [0.25, 0.3) is 22.1 Å². The first-order valence-corrected chi connectivity index (χ1v) is 10.9. The summed E-state index contributed by atoms with van der Waals surface area (Å²) in [5.74, 6) is 0.451. The van der Waals surface area contributed by atoms with Gasteiger partial charge in [-0.15, -0.1) is 0 Å². The number of piperazine rings is 1. The van der Waals surface area contributed by atoms with Gasteiger partial charge < -0.3 is 9.42 Å². The van der Waals surface area contributed by atoms with Crippen molar-refractivity contribution in [2.75, 3.05) is 31.5 Å². The largest absolute Gasteiger partial charge is 0.354 e. The third-order valence-electron chi connectivity index (χ3n) is 5.95. The van der Waals surface area contributed by atoms with Gasteiger partial charge in [0.25, 0.3) is 0 Å². The number of fused-ring (bicyclic) bond motifs is 1. The second-order valence-electron chi connectivity index (χ2n) is 8.08. The van der Waals surface area contributed by atoms with Gasteiger partial charge in [-0.1, -0.05) is 53.7 Å². The molecular weight excluding hydrogens is 414 g/mol. The molecule has 1 N–H and O–H groups in total. The maximum atomic E-state index is 12.7. The molecule has 0 bridgehead atoms. The smallest absolute Gasteiger partial charge is 0.323 e. The number of rotatable bonds is 4. The lowest BCUT2D eigenvalue weighted by molar-refractivity contribution is 0.143. The zero-order valence-corrected chi connectivity index (χ0v) is 18.1. The molecule has 2 heterocycles. The van der Waals surface area contributed by atoms with Crippen LogP contribution in [-0.2, 0) is 6.54 Å². The molecule has 0 spiro atoms. The van der Waals surface area contributed by atoms with Gasteiger partial charge in [0.15, 0.2) is 11.4 Å². The number of nitriles is 1. The molecule has 5 rings (SSSR count). The lowest BCUT2D eigenvalue weighted by atomic mass is 9.98. The third-order valence-corrected chi connectivity index (χ3v) is 5.95. The lowest BCUT2D eigenvalue weighted by Gasteiger charge is -2.34. The first-order valence-electron chi connectivity index (χ1n) is 10.9. The summed E-state index contributed by atoms with van der Waals surface area (Å²) in [6, 6.07) is 25.5. The first-order chi connectivity index (χ1) is 16.2. The number of amides is 2. The van der Waals surface area contributed by atoms with E-state index in [4.69, 9.17) is 4.52 Å². The van der Waals surface area contributed by atoms with Crippen LogP contribution < -0.4 is 5.32 Å². The Morgan fingerprint density at radius 2 is 1.79 bits per heavy atom. The highest BCUT2D eigenvalue weighted by molar-refractivity contribution is 5.98. The Bertz CT molecular complexity index is 1330. The minimum Gasteiger partial charge on any atom is -0.354 e. The molecule has 0 unspecified atom stereocenters. The molecule has 1 saturated heterocycles. The van der Waals surface area contributed by atoms with E-state index in [1.807, 2.05) is 60.7 Å². The molecule has 33 heavy (non-hydrogen) atoms. The molecule has 0 atom stereocenters. The third kappa shape index (κ3) is 4.43. The second-order valence-corrected chi connectivity index (χ2v) is 8.08. The van der Waals surface area contributed by atoms with E-state index in [-0.39, 0.29) is 6.03 Å². The Morgan fingerprint density at radius 3 is 2.64 bits per heavy atom. The molecule has 2 amide bonds. The normalized spacial score (nSPS) is 14.2. The van der Waals surface area contributed by atoms with E-state index < -0.39 is 0 Å². The molecule has 3 aromatic carbocycles. The molecule has 7 heteroatoms. The molecule has 4 aromatic rings. The number of anilines is 1. The van der Waals surface area contributed by atoms with Gasteiger partial charge in [0, 0.05) is 32.7 Å². The highest BCUT2D eigenvalue weighted by Crippen LogP contribution is 2.25. The predicted molar refractivity (Wildman–Crippen MR) is 126 cm³/mol. The Morgan fingerprint density at radius 1 is 1.00 bits per heavy atom. The van der Waals surface area contributed by atoms with E-state index in [1.54, 1.807) is 4.90 Å². The molecule has 1 aromatic heterocycles. The Labute approximate surface area is 191 Å². The monoisotopic (exact) mass is 437 g/mol. The number of hydrogen-bond donors (Lipinski definition) is 1. The molecule has 1 fully saturated rings. The van der Waals surface area contributed by atoms with Crippen molar-refractivity contribution in [3.05, 3.63) is 83.9 Å². The van der Waals surface area contributed by atoms with Crippen molar-refractivity contribution in [1.82, 2.24) is 15.0 Å². The molecule has 1 aliphatic rings. The maximum Gasteiger partial charge on any atom is 0.323 e. The highest BCUT2D eigenvalue weighted by Gasteiger charge is 2.22. The number of benzene rings is 3. The summed E-state index contributed by atoms with van der Waals surface area (Å²) in [6.45, 7) is 3.64. The van der Waals surface area contributed by atoms with Gasteiger partial charge in [0.05, 0.1) is 17.0 Å². The standard InChI is InChI=1S/C26H23N5O2/c27-17-21-7-1-2-9-22(21)20-8-5-6-19(16-20)18-30-12-14-31(15-13-30)26(32)28-25-23-10-3-4-11-24(23)33-29-25/h1-11,16H,12-15,18H2,(H,28,29,32). The fraction of sp³-hybridized carbons (Fsp3) is 0.192.